The molecule has 1 aromatic rings. The number of aldehydes is 1. The van der Waals surface area contributed by atoms with Gasteiger partial charge in [0.1, 0.15) is 5.69 Å². The van der Waals surface area contributed by atoms with Crippen molar-refractivity contribution in [3.8, 4) is 11.8 Å². The molecule has 0 aromatic carbocycles. The smallest absolute Gasteiger partial charge is 0.154 e. The molecule has 1 aliphatic heterocycles. The van der Waals surface area contributed by atoms with E-state index in [1.807, 2.05) is 4.68 Å². The second-order valence-corrected chi connectivity index (χ2v) is 7.44. The lowest BCUT2D eigenvalue weighted by Crippen LogP contribution is -2.46. The average molecular weight is 299 g/mol. The van der Waals surface area contributed by atoms with E-state index in [2.05, 4.69) is 42.6 Å². The van der Waals surface area contributed by atoms with Crippen LogP contribution in [0.4, 0.5) is 0 Å². The molecule has 118 valence electrons. The molecule has 4 nitrogen and oxygen atoms in total. The number of carbonyl (C=O) groups excluding carboxylic acids is 1. The number of likely N-dealkylation sites (tertiary alicyclic amines) is 1. The highest BCUT2D eigenvalue weighted by Gasteiger charge is 2.29. The largest absolute Gasteiger partial charge is 0.298 e. The number of aromatic nitrogens is 2. The van der Waals surface area contributed by atoms with Crippen molar-refractivity contribution in [3.05, 3.63) is 17.5 Å². The monoisotopic (exact) mass is 299 g/mol. The molecule has 1 saturated carbocycles. The molecule has 4 heteroatoms. The quantitative estimate of drug-likeness (QED) is 0.622. The van der Waals surface area contributed by atoms with Crippen LogP contribution in [0.3, 0.4) is 0 Å². The van der Waals surface area contributed by atoms with Crippen LogP contribution in [0.2, 0.25) is 0 Å². The van der Waals surface area contributed by atoms with E-state index in [9.17, 15) is 4.79 Å². The van der Waals surface area contributed by atoms with Gasteiger partial charge in [0.2, 0.25) is 0 Å². The summed E-state index contributed by atoms with van der Waals surface area (Å²) < 4.78 is 2.00. The molecule has 0 N–H and O–H groups in total. The molecule has 0 bridgehead atoms. The van der Waals surface area contributed by atoms with Crippen LogP contribution >= 0.6 is 0 Å². The summed E-state index contributed by atoms with van der Waals surface area (Å²) >= 11 is 0. The van der Waals surface area contributed by atoms with E-state index >= 15 is 0 Å². The highest BCUT2D eigenvalue weighted by molar-refractivity contribution is 5.78. The number of hydrogen-bond acceptors (Lipinski definition) is 3. The fraction of sp³-hybridized carbons (Fsp3) is 0.667. The Kier molecular flexibility index (Phi) is 4.10. The van der Waals surface area contributed by atoms with Crippen LogP contribution < -0.4 is 0 Å². The Balaban J connectivity index is 1.77. The van der Waals surface area contributed by atoms with Crippen LogP contribution in [0.1, 0.15) is 68.5 Å². The van der Waals surface area contributed by atoms with Gasteiger partial charge in [-0.2, -0.15) is 5.10 Å². The van der Waals surface area contributed by atoms with Crippen molar-refractivity contribution in [3.63, 3.8) is 0 Å². The van der Waals surface area contributed by atoms with Crippen LogP contribution in [0.15, 0.2) is 6.20 Å². The maximum absolute atomic E-state index is 11.2. The standard InChI is InChI=1S/C18H25N3O/c1-18(2,3)20-10-8-16(9-11-20)21-17(7-6-14-4-5-14)15(13-22)12-19-21/h12-14,16H,4-5,8-11H2,1-3H3. The SMILES string of the molecule is CC(C)(C)N1CCC(n2ncc(C=O)c2C#CC2CC2)CC1. The van der Waals surface area contributed by atoms with Gasteiger partial charge < -0.3 is 0 Å². The summed E-state index contributed by atoms with van der Waals surface area (Å²) in [5.41, 5.74) is 1.67. The van der Waals surface area contributed by atoms with Crippen LogP contribution in [-0.2, 0) is 0 Å². The first-order valence-corrected chi connectivity index (χ1v) is 8.28. The van der Waals surface area contributed by atoms with Crippen LogP contribution in [0.25, 0.3) is 0 Å². The van der Waals surface area contributed by atoms with Crippen molar-refractivity contribution < 1.29 is 4.79 Å². The third-order valence-corrected chi connectivity index (χ3v) is 4.68. The summed E-state index contributed by atoms with van der Waals surface area (Å²) in [6.45, 7) is 8.93. The fourth-order valence-corrected chi connectivity index (χ4v) is 3.05. The molecular weight excluding hydrogens is 274 g/mol. The predicted molar refractivity (Wildman–Crippen MR) is 86.8 cm³/mol. The normalized spacial score (nSPS) is 20.5. The molecule has 2 aliphatic rings. The van der Waals surface area contributed by atoms with Crippen molar-refractivity contribution in [2.75, 3.05) is 13.1 Å². The van der Waals surface area contributed by atoms with Gasteiger partial charge in [-0.3, -0.25) is 14.4 Å². The van der Waals surface area contributed by atoms with Gasteiger partial charge >= 0.3 is 0 Å². The Morgan fingerprint density at radius 1 is 1.23 bits per heavy atom. The molecule has 0 unspecified atom stereocenters. The summed E-state index contributed by atoms with van der Waals surface area (Å²) in [6.07, 6.45) is 7.07. The van der Waals surface area contributed by atoms with Crippen molar-refractivity contribution in [1.29, 1.82) is 0 Å². The van der Waals surface area contributed by atoms with Gasteiger partial charge in [0.05, 0.1) is 17.8 Å². The Hall–Kier alpha value is -1.60. The van der Waals surface area contributed by atoms with Gasteiger partial charge in [-0.1, -0.05) is 5.92 Å². The maximum Gasteiger partial charge on any atom is 0.154 e. The zero-order valence-corrected chi connectivity index (χ0v) is 13.8. The number of hydrogen-bond donors (Lipinski definition) is 0. The van der Waals surface area contributed by atoms with E-state index in [0.717, 1.165) is 37.9 Å². The highest BCUT2D eigenvalue weighted by atomic mass is 16.1. The topological polar surface area (TPSA) is 38.1 Å². The first kappa shape index (κ1) is 15.3. The third kappa shape index (κ3) is 3.25. The number of piperidine rings is 1. The third-order valence-electron chi connectivity index (χ3n) is 4.68. The second-order valence-electron chi connectivity index (χ2n) is 7.44. The van der Waals surface area contributed by atoms with Gasteiger partial charge in [0.15, 0.2) is 6.29 Å². The minimum absolute atomic E-state index is 0.220. The molecule has 1 saturated heterocycles. The van der Waals surface area contributed by atoms with E-state index in [1.165, 1.54) is 12.8 Å². The van der Waals surface area contributed by atoms with Crippen molar-refractivity contribution in [2.24, 2.45) is 5.92 Å². The molecule has 3 rings (SSSR count). The Morgan fingerprint density at radius 3 is 2.45 bits per heavy atom. The molecular formula is C18H25N3O. The maximum atomic E-state index is 11.2. The zero-order chi connectivity index (χ0) is 15.7. The van der Waals surface area contributed by atoms with Gasteiger partial charge in [-0.15, -0.1) is 0 Å². The Morgan fingerprint density at radius 2 is 1.91 bits per heavy atom. The van der Waals surface area contributed by atoms with Crippen molar-refractivity contribution in [1.82, 2.24) is 14.7 Å². The molecule has 22 heavy (non-hydrogen) atoms. The van der Waals surface area contributed by atoms with E-state index in [1.54, 1.807) is 6.20 Å². The molecule has 1 aliphatic carbocycles. The molecule has 0 amide bonds. The zero-order valence-electron chi connectivity index (χ0n) is 13.8. The van der Waals surface area contributed by atoms with Gasteiger partial charge in [0, 0.05) is 24.5 Å². The number of rotatable bonds is 2. The fourth-order valence-electron chi connectivity index (χ4n) is 3.05. The van der Waals surface area contributed by atoms with E-state index in [-0.39, 0.29) is 5.54 Å². The van der Waals surface area contributed by atoms with Gasteiger partial charge in [-0.25, -0.2) is 0 Å². The molecule has 0 spiro atoms. The average Bonchev–Trinajstić information content (AvgIpc) is 3.23. The lowest BCUT2D eigenvalue weighted by molar-refractivity contribution is 0.0868. The number of nitrogens with zero attached hydrogens (tertiary/aromatic N) is 3. The Bertz CT molecular complexity index is 603. The van der Waals surface area contributed by atoms with Gasteiger partial charge in [-0.05, 0) is 52.4 Å². The van der Waals surface area contributed by atoms with E-state index < -0.39 is 0 Å². The lowest BCUT2D eigenvalue weighted by Gasteiger charge is -2.41. The summed E-state index contributed by atoms with van der Waals surface area (Å²) in [7, 11) is 0. The van der Waals surface area contributed by atoms with Crippen molar-refractivity contribution >= 4 is 6.29 Å². The molecule has 2 fully saturated rings. The minimum Gasteiger partial charge on any atom is -0.298 e. The second kappa shape index (κ2) is 5.89. The summed E-state index contributed by atoms with van der Waals surface area (Å²) in [4.78, 5) is 13.8. The minimum atomic E-state index is 0.220. The highest BCUT2D eigenvalue weighted by Crippen LogP contribution is 2.29. The predicted octanol–water partition coefficient (Wildman–Crippen LogP) is 2.89. The summed E-state index contributed by atoms with van der Waals surface area (Å²) in [5, 5.41) is 4.46. The molecule has 0 atom stereocenters. The molecule has 0 radical (unpaired) electrons. The summed E-state index contributed by atoms with van der Waals surface area (Å²) in [6, 6.07) is 0.357. The van der Waals surface area contributed by atoms with Crippen molar-refractivity contribution in [2.45, 2.75) is 58.0 Å². The molecule has 2 heterocycles. The first-order chi connectivity index (χ1) is 10.5. The number of carbonyl (C=O) groups is 1. The van der Waals surface area contributed by atoms with Crippen LogP contribution in [0.5, 0.6) is 0 Å². The van der Waals surface area contributed by atoms with Gasteiger partial charge in [0.25, 0.3) is 0 Å². The van der Waals surface area contributed by atoms with Crippen LogP contribution in [0, 0.1) is 17.8 Å². The van der Waals surface area contributed by atoms with E-state index in [4.69, 9.17) is 0 Å². The van der Waals surface area contributed by atoms with E-state index in [0.29, 0.717) is 17.5 Å². The van der Waals surface area contributed by atoms with Crippen LogP contribution in [-0.4, -0.2) is 39.6 Å². The molecule has 1 aromatic heterocycles. The first-order valence-electron chi connectivity index (χ1n) is 8.28. The Labute approximate surface area is 132 Å². The lowest BCUT2D eigenvalue weighted by atomic mass is 9.98. The summed E-state index contributed by atoms with van der Waals surface area (Å²) in [5.74, 6) is 7.02.